The third-order valence-corrected chi connectivity index (χ3v) is 5.23. The average molecular weight is 440 g/mol. The topological polar surface area (TPSA) is 114 Å². The molecule has 8 nitrogen and oxygen atoms in total. The summed E-state index contributed by atoms with van der Waals surface area (Å²) in [7, 11) is 0. The Balaban J connectivity index is 1.40. The van der Waals surface area contributed by atoms with Crippen molar-refractivity contribution in [1.82, 2.24) is 10.6 Å². The summed E-state index contributed by atoms with van der Waals surface area (Å²) in [6, 6.07) is 15.8. The lowest BCUT2D eigenvalue weighted by Crippen LogP contribution is -2.38. The normalized spacial score (nSPS) is 13.0. The maximum atomic E-state index is 12.3. The zero-order valence-corrected chi connectivity index (χ0v) is 18.0. The van der Waals surface area contributed by atoms with Crippen LogP contribution in [0.5, 0.6) is 0 Å². The molecule has 1 aliphatic rings. The fourth-order valence-electron chi connectivity index (χ4n) is 3.77. The molecule has 0 heterocycles. The molecule has 3 rings (SSSR count). The van der Waals surface area contributed by atoms with Crippen molar-refractivity contribution in [3.05, 3.63) is 59.7 Å². The Morgan fingerprint density at radius 2 is 1.62 bits per heavy atom. The summed E-state index contributed by atoms with van der Waals surface area (Å²) in [5.41, 5.74) is 4.60. The molecule has 170 valence electrons. The van der Waals surface area contributed by atoms with E-state index in [4.69, 9.17) is 14.6 Å². The first kappa shape index (κ1) is 23.3. The Labute approximate surface area is 186 Å². The number of carbonyl (C=O) groups excluding carboxylic acids is 2. The van der Waals surface area contributed by atoms with Crippen LogP contribution in [0.1, 0.15) is 36.8 Å². The molecule has 0 spiro atoms. The highest BCUT2D eigenvalue weighted by Crippen LogP contribution is 2.44. The van der Waals surface area contributed by atoms with Crippen LogP contribution in [0.4, 0.5) is 4.79 Å². The summed E-state index contributed by atoms with van der Waals surface area (Å²) in [6.07, 6.45) is -0.543. The maximum absolute atomic E-state index is 12.3. The minimum Gasteiger partial charge on any atom is -0.481 e. The van der Waals surface area contributed by atoms with Crippen LogP contribution in [-0.2, 0) is 19.1 Å². The van der Waals surface area contributed by atoms with Crippen LogP contribution < -0.4 is 10.6 Å². The van der Waals surface area contributed by atoms with Gasteiger partial charge in [-0.25, -0.2) is 4.79 Å². The number of hydrogen-bond acceptors (Lipinski definition) is 5. The van der Waals surface area contributed by atoms with Crippen molar-refractivity contribution >= 4 is 18.0 Å². The second-order valence-corrected chi connectivity index (χ2v) is 7.68. The van der Waals surface area contributed by atoms with Gasteiger partial charge in [0.05, 0.1) is 19.6 Å². The first-order chi connectivity index (χ1) is 15.5. The molecule has 0 saturated heterocycles. The van der Waals surface area contributed by atoms with Gasteiger partial charge in [-0.1, -0.05) is 48.5 Å². The van der Waals surface area contributed by atoms with Gasteiger partial charge in [0.2, 0.25) is 5.91 Å². The Morgan fingerprint density at radius 3 is 2.25 bits per heavy atom. The number of nitrogens with one attached hydrogen (secondary N) is 2. The first-order valence-electron chi connectivity index (χ1n) is 10.6. The van der Waals surface area contributed by atoms with Crippen LogP contribution in [0.3, 0.4) is 0 Å². The summed E-state index contributed by atoms with van der Waals surface area (Å²) >= 11 is 0. The second-order valence-electron chi connectivity index (χ2n) is 7.68. The maximum Gasteiger partial charge on any atom is 0.407 e. The lowest BCUT2D eigenvalue weighted by Gasteiger charge is -2.17. The van der Waals surface area contributed by atoms with Crippen molar-refractivity contribution in [3.8, 4) is 11.1 Å². The van der Waals surface area contributed by atoms with Crippen molar-refractivity contribution in [2.75, 3.05) is 26.4 Å². The smallest absolute Gasteiger partial charge is 0.407 e. The van der Waals surface area contributed by atoms with Gasteiger partial charge in [0.25, 0.3) is 0 Å². The van der Waals surface area contributed by atoms with E-state index < -0.39 is 18.1 Å². The van der Waals surface area contributed by atoms with Crippen LogP contribution in [0, 0.1) is 0 Å². The number of aliphatic carboxylic acids is 1. The molecule has 0 fully saturated rings. The molecule has 1 aliphatic carbocycles. The van der Waals surface area contributed by atoms with Crippen molar-refractivity contribution in [3.63, 3.8) is 0 Å². The molecule has 2 aromatic rings. The lowest BCUT2D eigenvalue weighted by atomic mass is 9.98. The van der Waals surface area contributed by atoms with Gasteiger partial charge in [-0.3, -0.25) is 9.59 Å². The summed E-state index contributed by atoms with van der Waals surface area (Å²) in [4.78, 5) is 34.6. The number of ether oxygens (including phenoxy) is 2. The monoisotopic (exact) mass is 440 g/mol. The van der Waals surface area contributed by atoms with Crippen molar-refractivity contribution in [2.24, 2.45) is 0 Å². The third-order valence-electron chi connectivity index (χ3n) is 5.23. The molecule has 3 N–H and O–H groups in total. The van der Waals surface area contributed by atoms with Gasteiger partial charge in [-0.2, -0.15) is 0 Å². The molecule has 0 unspecified atom stereocenters. The number of amides is 2. The molecule has 32 heavy (non-hydrogen) atoms. The lowest BCUT2D eigenvalue weighted by molar-refractivity contribution is -0.138. The molecular weight excluding hydrogens is 412 g/mol. The number of rotatable bonds is 11. The van der Waals surface area contributed by atoms with Gasteiger partial charge in [0.15, 0.2) is 0 Å². The van der Waals surface area contributed by atoms with E-state index >= 15 is 0 Å². The molecule has 0 bridgehead atoms. The Bertz CT molecular complexity index is 916. The number of carbonyl (C=O) groups is 3. The van der Waals surface area contributed by atoms with Crippen LogP contribution in [-0.4, -0.2) is 55.5 Å². The van der Waals surface area contributed by atoms with Crippen molar-refractivity contribution in [1.29, 1.82) is 0 Å². The highest BCUT2D eigenvalue weighted by molar-refractivity contribution is 5.79. The predicted molar refractivity (Wildman–Crippen MR) is 118 cm³/mol. The van der Waals surface area contributed by atoms with E-state index in [-0.39, 0.29) is 51.0 Å². The minimum absolute atomic E-state index is 0.0205. The SMILES string of the molecule is C[C@H](CC(=O)NCCOCCC(=O)O)NC(=O)OCC1c2ccccc2-c2ccccc21. The highest BCUT2D eigenvalue weighted by atomic mass is 16.5. The summed E-state index contributed by atoms with van der Waals surface area (Å²) in [5.74, 6) is -1.19. The van der Waals surface area contributed by atoms with Gasteiger partial charge in [-0.15, -0.1) is 0 Å². The van der Waals surface area contributed by atoms with Crippen LogP contribution in [0.15, 0.2) is 48.5 Å². The first-order valence-corrected chi connectivity index (χ1v) is 10.6. The summed E-state index contributed by atoms with van der Waals surface area (Å²) in [6.45, 7) is 2.55. The third kappa shape index (κ3) is 6.31. The van der Waals surface area contributed by atoms with Gasteiger partial charge < -0.3 is 25.2 Å². The Kier molecular flexibility index (Phi) is 8.21. The minimum atomic E-state index is -0.929. The van der Waals surface area contributed by atoms with Crippen molar-refractivity contribution in [2.45, 2.75) is 31.7 Å². The summed E-state index contributed by atoms with van der Waals surface area (Å²) < 4.78 is 10.6. The number of carboxylic acids is 1. The highest BCUT2D eigenvalue weighted by Gasteiger charge is 2.29. The van der Waals surface area contributed by atoms with Gasteiger partial charge in [0, 0.05) is 24.9 Å². The van der Waals surface area contributed by atoms with Crippen LogP contribution in [0.25, 0.3) is 11.1 Å². The number of fused-ring (bicyclic) bond motifs is 3. The number of hydrogen-bond donors (Lipinski definition) is 3. The van der Waals surface area contributed by atoms with E-state index in [0.29, 0.717) is 0 Å². The zero-order chi connectivity index (χ0) is 22.9. The number of carboxylic acid groups (broad SMARTS) is 1. The largest absolute Gasteiger partial charge is 0.481 e. The Morgan fingerprint density at radius 1 is 1.00 bits per heavy atom. The standard InChI is InChI=1S/C24H28N2O6/c1-16(14-22(27)25-11-13-31-12-10-23(28)29)26-24(30)32-15-21-19-8-4-2-6-17(19)18-7-3-5-9-20(18)21/h2-9,16,21H,10-15H2,1H3,(H,25,27)(H,26,30)(H,28,29)/t16-/m1/s1. The molecule has 0 aliphatic heterocycles. The van der Waals surface area contributed by atoms with Gasteiger partial charge in [0.1, 0.15) is 6.61 Å². The molecule has 2 amide bonds. The Hall–Kier alpha value is -3.39. The predicted octanol–water partition coefficient (Wildman–Crippen LogP) is 2.91. The van der Waals surface area contributed by atoms with E-state index in [2.05, 4.69) is 34.9 Å². The molecule has 8 heteroatoms. The fourth-order valence-corrected chi connectivity index (χ4v) is 3.77. The number of benzene rings is 2. The van der Waals surface area contributed by atoms with E-state index in [1.54, 1.807) is 6.92 Å². The zero-order valence-electron chi connectivity index (χ0n) is 18.0. The van der Waals surface area contributed by atoms with E-state index in [1.165, 1.54) is 0 Å². The van der Waals surface area contributed by atoms with Crippen LogP contribution in [0.2, 0.25) is 0 Å². The molecular formula is C24H28N2O6. The van der Waals surface area contributed by atoms with Crippen LogP contribution >= 0.6 is 0 Å². The number of alkyl carbamates (subject to hydrolysis) is 1. The molecule has 1 atom stereocenters. The van der Waals surface area contributed by atoms with E-state index in [9.17, 15) is 14.4 Å². The van der Waals surface area contributed by atoms with E-state index in [1.807, 2.05) is 24.3 Å². The fraction of sp³-hybridized carbons (Fsp3) is 0.375. The molecule has 0 saturated carbocycles. The quantitative estimate of drug-likeness (QED) is 0.463. The van der Waals surface area contributed by atoms with Gasteiger partial charge in [-0.05, 0) is 29.2 Å². The second kappa shape index (κ2) is 11.3. The molecule has 0 aromatic heterocycles. The van der Waals surface area contributed by atoms with E-state index in [0.717, 1.165) is 22.3 Å². The van der Waals surface area contributed by atoms with Crippen molar-refractivity contribution < 1.29 is 29.0 Å². The van der Waals surface area contributed by atoms with Gasteiger partial charge >= 0.3 is 12.1 Å². The average Bonchev–Trinajstić information content (AvgIpc) is 3.08. The molecule has 0 radical (unpaired) electrons. The molecule has 2 aromatic carbocycles. The summed E-state index contributed by atoms with van der Waals surface area (Å²) in [5, 5.41) is 13.9.